The number of nitro groups is 1. The number of rotatable bonds is 6. The van der Waals surface area contributed by atoms with E-state index < -0.39 is 20.6 Å². The van der Waals surface area contributed by atoms with E-state index in [4.69, 9.17) is 10.5 Å². The molecule has 0 aliphatic rings. The van der Waals surface area contributed by atoms with Crippen LogP contribution in [0.1, 0.15) is 0 Å². The van der Waals surface area contributed by atoms with Crippen LogP contribution >= 0.6 is 0 Å². The molecule has 1 rings (SSSR count). The van der Waals surface area contributed by atoms with Gasteiger partial charge in [0.25, 0.3) is 0 Å². The minimum atomic E-state index is -3.79. The van der Waals surface area contributed by atoms with Crippen LogP contribution in [-0.2, 0) is 10.0 Å². The summed E-state index contributed by atoms with van der Waals surface area (Å²) < 4.78 is 30.5. The number of sulfonamides is 1. The zero-order valence-electron chi connectivity index (χ0n) is 9.62. The highest BCUT2D eigenvalue weighted by atomic mass is 32.2. The Balaban J connectivity index is 3.20. The number of nitrogens with two attached hydrogens (primary N) is 1. The minimum absolute atomic E-state index is 0.00206. The third kappa shape index (κ3) is 3.15. The Kier molecular flexibility index (Phi) is 4.59. The first-order valence-corrected chi connectivity index (χ1v) is 6.43. The van der Waals surface area contributed by atoms with E-state index in [0.29, 0.717) is 0 Å². The van der Waals surface area contributed by atoms with Gasteiger partial charge >= 0.3 is 5.69 Å². The van der Waals surface area contributed by atoms with Crippen LogP contribution in [0.25, 0.3) is 0 Å². The Bertz CT molecular complexity index is 543. The van der Waals surface area contributed by atoms with Crippen LogP contribution in [0.5, 0.6) is 5.75 Å². The molecule has 0 amide bonds. The van der Waals surface area contributed by atoms with Crippen LogP contribution in [-0.4, -0.2) is 33.5 Å². The average molecular weight is 275 g/mol. The predicted octanol–water partition coefficient (Wildman–Crippen LogP) is -0.160. The number of ether oxygens (including phenoxy) is 1. The van der Waals surface area contributed by atoms with E-state index >= 15 is 0 Å². The van der Waals surface area contributed by atoms with Gasteiger partial charge in [0.15, 0.2) is 5.75 Å². The molecule has 0 fully saturated rings. The summed E-state index contributed by atoms with van der Waals surface area (Å²) in [6.07, 6.45) is 0. The van der Waals surface area contributed by atoms with Gasteiger partial charge in [0, 0.05) is 19.2 Å². The number of methoxy groups -OCH3 is 1. The molecule has 0 aliphatic heterocycles. The van der Waals surface area contributed by atoms with Crippen molar-refractivity contribution in [3.63, 3.8) is 0 Å². The second-order valence-electron chi connectivity index (χ2n) is 3.28. The standard InChI is InChI=1S/C9H13N3O5S/c1-17-9-3-2-7(6-8(9)12(13)14)18(15,16)11-5-4-10/h2-3,6,11H,4-5,10H2,1H3. The molecule has 3 N–H and O–H groups in total. The van der Waals surface area contributed by atoms with Crippen LogP contribution in [0.4, 0.5) is 5.69 Å². The molecule has 0 atom stereocenters. The first-order valence-electron chi connectivity index (χ1n) is 4.94. The van der Waals surface area contributed by atoms with Crippen molar-refractivity contribution in [2.45, 2.75) is 4.90 Å². The van der Waals surface area contributed by atoms with E-state index in [1.54, 1.807) is 0 Å². The van der Waals surface area contributed by atoms with Crippen LogP contribution in [0, 0.1) is 10.1 Å². The quantitative estimate of drug-likeness (QED) is 0.549. The number of benzene rings is 1. The van der Waals surface area contributed by atoms with E-state index in [1.165, 1.54) is 19.2 Å². The number of hydrogen-bond donors (Lipinski definition) is 2. The maximum Gasteiger partial charge on any atom is 0.312 e. The zero-order chi connectivity index (χ0) is 13.8. The van der Waals surface area contributed by atoms with Crippen LogP contribution in [0.2, 0.25) is 0 Å². The van der Waals surface area contributed by atoms with Crippen molar-refractivity contribution >= 4 is 15.7 Å². The lowest BCUT2D eigenvalue weighted by Crippen LogP contribution is -2.29. The second kappa shape index (κ2) is 5.76. The number of nitrogens with zero attached hydrogens (tertiary/aromatic N) is 1. The smallest absolute Gasteiger partial charge is 0.312 e. The van der Waals surface area contributed by atoms with Crippen LogP contribution in [0.15, 0.2) is 23.1 Å². The number of nitro benzene ring substituents is 1. The van der Waals surface area contributed by atoms with Gasteiger partial charge < -0.3 is 10.5 Å². The number of nitrogens with one attached hydrogen (secondary N) is 1. The van der Waals surface area contributed by atoms with Gasteiger partial charge in [-0.2, -0.15) is 0 Å². The van der Waals surface area contributed by atoms with Gasteiger partial charge in [0.05, 0.1) is 16.9 Å². The van der Waals surface area contributed by atoms with Crippen molar-refractivity contribution in [1.82, 2.24) is 4.72 Å². The summed E-state index contributed by atoms with van der Waals surface area (Å²) in [7, 11) is -2.53. The van der Waals surface area contributed by atoms with Gasteiger partial charge in [-0.1, -0.05) is 0 Å². The van der Waals surface area contributed by atoms with Gasteiger partial charge in [-0.25, -0.2) is 13.1 Å². The maximum absolute atomic E-state index is 11.7. The summed E-state index contributed by atoms with van der Waals surface area (Å²) in [5.41, 5.74) is 4.77. The second-order valence-corrected chi connectivity index (χ2v) is 5.04. The monoisotopic (exact) mass is 275 g/mol. The highest BCUT2D eigenvalue weighted by molar-refractivity contribution is 7.89. The van der Waals surface area contributed by atoms with Crippen LogP contribution < -0.4 is 15.2 Å². The van der Waals surface area contributed by atoms with E-state index in [2.05, 4.69) is 4.72 Å². The first-order chi connectivity index (χ1) is 8.42. The Labute approximate surface area is 104 Å². The molecule has 0 aliphatic carbocycles. The molecule has 0 bridgehead atoms. The lowest BCUT2D eigenvalue weighted by Gasteiger charge is -2.07. The van der Waals surface area contributed by atoms with Crippen molar-refractivity contribution in [2.24, 2.45) is 5.73 Å². The molecule has 100 valence electrons. The molecule has 0 saturated heterocycles. The molecule has 0 spiro atoms. The fourth-order valence-electron chi connectivity index (χ4n) is 1.26. The zero-order valence-corrected chi connectivity index (χ0v) is 10.4. The van der Waals surface area contributed by atoms with Gasteiger partial charge in [0.1, 0.15) is 0 Å². The van der Waals surface area contributed by atoms with E-state index in [-0.39, 0.29) is 23.7 Å². The molecular formula is C9H13N3O5S. The summed E-state index contributed by atoms with van der Waals surface area (Å²) in [5, 5.41) is 10.8. The summed E-state index contributed by atoms with van der Waals surface area (Å²) >= 11 is 0. The van der Waals surface area contributed by atoms with Crippen molar-refractivity contribution in [1.29, 1.82) is 0 Å². The van der Waals surface area contributed by atoms with Gasteiger partial charge in [0.2, 0.25) is 10.0 Å². The number of hydrogen-bond acceptors (Lipinski definition) is 6. The summed E-state index contributed by atoms with van der Waals surface area (Å²) in [4.78, 5) is 9.85. The molecule has 1 aromatic carbocycles. The van der Waals surface area contributed by atoms with Crippen molar-refractivity contribution < 1.29 is 18.1 Å². The van der Waals surface area contributed by atoms with Crippen LogP contribution in [0.3, 0.4) is 0 Å². The largest absolute Gasteiger partial charge is 0.490 e. The first kappa shape index (κ1) is 14.4. The Morgan fingerprint density at radius 3 is 2.67 bits per heavy atom. The maximum atomic E-state index is 11.7. The summed E-state index contributed by atoms with van der Waals surface area (Å²) in [6, 6.07) is 3.40. The lowest BCUT2D eigenvalue weighted by atomic mass is 10.3. The molecule has 8 nitrogen and oxygen atoms in total. The molecule has 9 heteroatoms. The molecule has 0 heterocycles. The highest BCUT2D eigenvalue weighted by Crippen LogP contribution is 2.29. The SMILES string of the molecule is COc1ccc(S(=O)(=O)NCCN)cc1[N+](=O)[O-]. The lowest BCUT2D eigenvalue weighted by molar-refractivity contribution is -0.386. The van der Waals surface area contributed by atoms with E-state index in [1.807, 2.05) is 0 Å². The predicted molar refractivity (Wildman–Crippen MR) is 63.9 cm³/mol. The fourth-order valence-corrected chi connectivity index (χ4v) is 2.32. The molecule has 18 heavy (non-hydrogen) atoms. The highest BCUT2D eigenvalue weighted by Gasteiger charge is 2.21. The molecule has 1 aromatic rings. The average Bonchev–Trinajstić information content (AvgIpc) is 2.35. The topological polar surface area (TPSA) is 125 Å². The molecule has 0 saturated carbocycles. The Morgan fingerprint density at radius 1 is 1.50 bits per heavy atom. The van der Waals surface area contributed by atoms with Crippen molar-refractivity contribution in [3.05, 3.63) is 28.3 Å². The normalized spacial score (nSPS) is 11.2. The van der Waals surface area contributed by atoms with E-state index in [9.17, 15) is 18.5 Å². The van der Waals surface area contributed by atoms with Crippen molar-refractivity contribution in [2.75, 3.05) is 20.2 Å². The van der Waals surface area contributed by atoms with E-state index in [0.717, 1.165) is 6.07 Å². The van der Waals surface area contributed by atoms with Crippen molar-refractivity contribution in [3.8, 4) is 5.75 Å². The Morgan fingerprint density at radius 2 is 2.17 bits per heavy atom. The molecule has 0 unspecified atom stereocenters. The Hall–Kier alpha value is -1.71. The molecule has 0 aromatic heterocycles. The van der Waals surface area contributed by atoms with Gasteiger partial charge in [-0.15, -0.1) is 0 Å². The van der Waals surface area contributed by atoms with Gasteiger partial charge in [-0.05, 0) is 12.1 Å². The fraction of sp³-hybridized carbons (Fsp3) is 0.333. The summed E-state index contributed by atoms with van der Waals surface area (Å²) in [5.74, 6) is -0.00206. The molecular weight excluding hydrogens is 262 g/mol. The third-order valence-corrected chi connectivity index (χ3v) is 3.55. The summed E-state index contributed by atoms with van der Waals surface area (Å²) in [6.45, 7) is 0.194. The van der Waals surface area contributed by atoms with Gasteiger partial charge in [-0.3, -0.25) is 10.1 Å². The third-order valence-electron chi connectivity index (χ3n) is 2.09. The molecule has 0 radical (unpaired) electrons. The minimum Gasteiger partial charge on any atom is -0.490 e.